The van der Waals surface area contributed by atoms with Crippen LogP contribution in [0.4, 0.5) is 0 Å². The summed E-state index contributed by atoms with van der Waals surface area (Å²) in [7, 11) is -6.65. The lowest BCUT2D eigenvalue weighted by molar-refractivity contribution is 0.228. The van der Waals surface area contributed by atoms with Crippen LogP contribution in [0.3, 0.4) is 0 Å². The molecule has 0 N–H and O–H groups in total. The van der Waals surface area contributed by atoms with Crippen molar-refractivity contribution in [2.24, 2.45) is 0 Å². The maximum absolute atomic E-state index is 6.64. The second-order valence-corrected chi connectivity index (χ2v) is 17.0. The van der Waals surface area contributed by atoms with E-state index in [1.54, 1.807) is 0 Å². The molecule has 3 aliphatic rings. The van der Waals surface area contributed by atoms with Crippen LogP contribution in [0.1, 0.15) is 32.6 Å². The van der Waals surface area contributed by atoms with E-state index < -0.39 is 25.7 Å². The predicted octanol–water partition coefficient (Wildman–Crippen LogP) is 3.80. The molecule has 2 saturated carbocycles. The molecule has 3 fully saturated rings. The summed E-state index contributed by atoms with van der Waals surface area (Å²) in [5.74, 6) is 0. The van der Waals surface area contributed by atoms with E-state index in [0.717, 1.165) is 6.04 Å². The van der Waals surface area contributed by atoms with E-state index >= 15 is 0 Å². The highest BCUT2D eigenvalue weighted by Crippen LogP contribution is 2.56. The minimum atomic E-state index is -2.27. The van der Waals surface area contributed by atoms with E-state index in [4.69, 9.17) is 12.3 Å². The van der Waals surface area contributed by atoms with Gasteiger partial charge in [-0.3, -0.25) is 0 Å². The highest BCUT2D eigenvalue weighted by atomic mass is 28.5. The first-order valence-corrected chi connectivity index (χ1v) is 13.9. The third kappa shape index (κ3) is 2.28. The smallest absolute Gasteiger partial charge is 0.350 e. The van der Waals surface area contributed by atoms with Crippen molar-refractivity contribution in [3.05, 3.63) is 24.6 Å². The minimum Gasteiger partial charge on any atom is -0.412 e. The van der Waals surface area contributed by atoms with Gasteiger partial charge in [0.1, 0.15) is 0 Å². The first kappa shape index (κ1) is 14.0. The van der Waals surface area contributed by atoms with Gasteiger partial charge in [-0.1, -0.05) is 18.3 Å². The maximum Gasteiger partial charge on any atom is 0.350 e. The fourth-order valence-electron chi connectivity index (χ4n) is 2.94. The monoisotopic (exact) mass is 312 g/mol. The average molecular weight is 313 g/mol. The first-order chi connectivity index (χ1) is 9.01. The molecule has 2 aliphatic carbocycles. The average Bonchev–Trinajstić information content (AvgIpc) is 3.29. The lowest BCUT2D eigenvalue weighted by Crippen LogP contribution is -2.68. The van der Waals surface area contributed by atoms with Gasteiger partial charge >= 0.3 is 25.7 Å². The van der Waals surface area contributed by atoms with Crippen molar-refractivity contribution in [1.29, 1.82) is 0 Å². The fourth-order valence-corrected chi connectivity index (χ4v) is 19.7. The number of hydrogen-bond acceptors (Lipinski definition) is 3. The third-order valence-electron chi connectivity index (χ3n) is 4.57. The molecule has 1 aliphatic heterocycles. The molecule has 0 bridgehead atoms. The Bertz CT molecular complexity index is 376. The van der Waals surface area contributed by atoms with Crippen molar-refractivity contribution in [1.82, 2.24) is 0 Å². The van der Waals surface area contributed by atoms with Crippen molar-refractivity contribution < 1.29 is 12.3 Å². The predicted molar refractivity (Wildman–Crippen MR) is 83.2 cm³/mol. The van der Waals surface area contributed by atoms with Crippen LogP contribution in [-0.2, 0) is 12.3 Å². The number of hydrogen-bond donors (Lipinski definition) is 0. The molecule has 0 aromatic carbocycles. The molecule has 2 atom stereocenters. The van der Waals surface area contributed by atoms with Gasteiger partial charge in [-0.2, -0.15) is 0 Å². The van der Waals surface area contributed by atoms with Gasteiger partial charge in [-0.15, -0.1) is 13.2 Å². The molecule has 0 aromatic rings. The summed E-state index contributed by atoms with van der Waals surface area (Å²) >= 11 is 0. The summed E-state index contributed by atoms with van der Waals surface area (Å²) < 4.78 is 19.7. The van der Waals surface area contributed by atoms with Gasteiger partial charge in [0, 0.05) is 11.1 Å². The second kappa shape index (κ2) is 4.51. The fraction of sp³-hybridized carbons (Fsp3) is 0.692. The molecule has 0 spiro atoms. The van der Waals surface area contributed by atoms with Crippen LogP contribution in [0.15, 0.2) is 24.6 Å². The van der Waals surface area contributed by atoms with Gasteiger partial charge in [0.15, 0.2) is 0 Å². The summed E-state index contributed by atoms with van der Waals surface area (Å²) in [4.78, 5) is 0. The van der Waals surface area contributed by atoms with Crippen LogP contribution in [0, 0.1) is 0 Å². The zero-order chi connectivity index (χ0) is 13.7. The zero-order valence-electron chi connectivity index (χ0n) is 12.0. The lowest BCUT2D eigenvalue weighted by atomic mass is 11.0. The van der Waals surface area contributed by atoms with E-state index in [0.29, 0.717) is 11.1 Å². The molecule has 6 heteroatoms. The number of rotatable bonds is 5. The quantitative estimate of drug-likeness (QED) is 0.723. The Morgan fingerprint density at radius 3 is 1.63 bits per heavy atom. The van der Waals surface area contributed by atoms with Crippen molar-refractivity contribution in [2.45, 2.75) is 56.3 Å². The highest BCUT2D eigenvalue weighted by Gasteiger charge is 2.66. The molecule has 0 radical (unpaired) electrons. The molecule has 1 saturated heterocycles. The Morgan fingerprint density at radius 1 is 0.947 bits per heavy atom. The summed E-state index contributed by atoms with van der Waals surface area (Å²) in [6.45, 7) is 12.5. The van der Waals surface area contributed by atoms with Gasteiger partial charge < -0.3 is 12.3 Å². The molecule has 19 heavy (non-hydrogen) atoms. The molecular formula is C13H24O3Si3. The van der Waals surface area contributed by atoms with E-state index in [1.807, 2.05) is 11.4 Å². The van der Waals surface area contributed by atoms with Crippen LogP contribution < -0.4 is 0 Å². The van der Waals surface area contributed by atoms with E-state index in [9.17, 15) is 0 Å². The van der Waals surface area contributed by atoms with Gasteiger partial charge in [0.05, 0.1) is 0 Å². The van der Waals surface area contributed by atoms with Crippen LogP contribution in [0.5, 0.6) is 0 Å². The minimum absolute atomic E-state index is 0.609. The molecule has 3 nitrogen and oxygen atoms in total. The van der Waals surface area contributed by atoms with Gasteiger partial charge in [0.25, 0.3) is 0 Å². The summed E-state index contributed by atoms with van der Waals surface area (Å²) in [6.07, 6.45) is 4.94. The molecule has 2 unspecified atom stereocenters. The highest BCUT2D eigenvalue weighted by molar-refractivity contribution is 6.98. The first-order valence-electron chi connectivity index (χ1n) is 7.39. The van der Waals surface area contributed by atoms with Crippen molar-refractivity contribution in [3.8, 4) is 0 Å². The summed E-state index contributed by atoms with van der Waals surface area (Å²) in [5, 5.41) is 0. The SMILES string of the molecule is C=C[Si]1(C2CC2)O[Si](C)(CC)O[Si](C=C)(C2CC2)O1. The normalized spacial score (nSPS) is 46.8. The van der Waals surface area contributed by atoms with E-state index in [-0.39, 0.29) is 0 Å². The Kier molecular flexibility index (Phi) is 3.31. The zero-order valence-corrected chi connectivity index (χ0v) is 15.0. The molecule has 1 heterocycles. The van der Waals surface area contributed by atoms with Crippen LogP contribution in [0.25, 0.3) is 0 Å². The van der Waals surface area contributed by atoms with Crippen molar-refractivity contribution in [2.75, 3.05) is 0 Å². The van der Waals surface area contributed by atoms with Gasteiger partial charge in [-0.05, 0) is 38.3 Å². The molecule has 106 valence electrons. The van der Waals surface area contributed by atoms with Gasteiger partial charge in [0.2, 0.25) is 0 Å². The standard InChI is InChI=1S/C13H24O3Si3/c1-5-17(4)14-18(6-2,12-8-9-12)16-19(7-3,15-17)13-10-11-13/h6-7,12-13H,2-3,5,8-11H2,1,4H3. The molecule has 0 amide bonds. The van der Waals surface area contributed by atoms with E-state index in [2.05, 4.69) is 26.6 Å². The van der Waals surface area contributed by atoms with Crippen molar-refractivity contribution >= 4 is 25.7 Å². The Morgan fingerprint density at radius 2 is 1.37 bits per heavy atom. The molecular weight excluding hydrogens is 288 g/mol. The molecule has 3 rings (SSSR count). The van der Waals surface area contributed by atoms with E-state index in [1.165, 1.54) is 25.7 Å². The van der Waals surface area contributed by atoms with Crippen LogP contribution >= 0.6 is 0 Å². The largest absolute Gasteiger partial charge is 0.412 e. The lowest BCUT2D eigenvalue weighted by Gasteiger charge is -2.50. The summed E-state index contributed by atoms with van der Waals surface area (Å²) in [6, 6.07) is 0.987. The van der Waals surface area contributed by atoms with Crippen LogP contribution in [0.2, 0.25) is 23.7 Å². The Hall–Kier alpha value is 0.0106. The van der Waals surface area contributed by atoms with Crippen LogP contribution in [-0.4, -0.2) is 25.7 Å². The molecule has 0 aromatic heterocycles. The third-order valence-corrected chi connectivity index (χ3v) is 19.0. The van der Waals surface area contributed by atoms with Gasteiger partial charge in [-0.25, -0.2) is 0 Å². The topological polar surface area (TPSA) is 27.7 Å². The summed E-state index contributed by atoms with van der Waals surface area (Å²) in [5.41, 5.74) is 5.28. The maximum atomic E-state index is 6.64. The Labute approximate surface area is 119 Å². The van der Waals surface area contributed by atoms with Crippen molar-refractivity contribution in [3.63, 3.8) is 0 Å². The second-order valence-electron chi connectivity index (χ2n) is 6.19. The Balaban J connectivity index is 1.98.